The van der Waals surface area contributed by atoms with Gasteiger partial charge in [-0.1, -0.05) is 24.3 Å². The lowest BCUT2D eigenvalue weighted by molar-refractivity contribution is 0.628. The Balaban J connectivity index is 1.52. The fourth-order valence-electron chi connectivity index (χ4n) is 4.98. The third-order valence-electron chi connectivity index (χ3n) is 6.42. The summed E-state index contributed by atoms with van der Waals surface area (Å²) in [7, 11) is 0. The Morgan fingerprint density at radius 1 is 0.727 bits per heavy atom. The molecule has 0 amide bonds. The number of fused-ring (bicyclic) bond motifs is 7. The topological polar surface area (TPSA) is 53.9 Å². The van der Waals surface area contributed by atoms with E-state index in [9.17, 15) is 4.39 Å². The van der Waals surface area contributed by atoms with Gasteiger partial charge in [-0.25, -0.2) is 4.39 Å². The van der Waals surface area contributed by atoms with E-state index in [1.54, 1.807) is 6.20 Å². The zero-order chi connectivity index (χ0) is 21.9. The van der Waals surface area contributed by atoms with E-state index in [2.05, 4.69) is 39.2 Å². The number of hydrogen-bond acceptors (Lipinski definition) is 3. The molecule has 1 aliphatic rings. The van der Waals surface area contributed by atoms with Gasteiger partial charge in [0.25, 0.3) is 0 Å². The summed E-state index contributed by atoms with van der Waals surface area (Å²) >= 11 is 0. The second-order valence-electron chi connectivity index (χ2n) is 8.29. The molecule has 4 nitrogen and oxygen atoms in total. The van der Waals surface area contributed by atoms with Gasteiger partial charge in [-0.05, 0) is 59.7 Å². The van der Waals surface area contributed by atoms with Gasteiger partial charge in [-0.15, -0.1) is 0 Å². The lowest BCUT2D eigenvalue weighted by Crippen LogP contribution is -2.02. The second-order valence-corrected chi connectivity index (χ2v) is 8.29. The number of benzene rings is 3. The van der Waals surface area contributed by atoms with Crippen LogP contribution in [0.25, 0.3) is 44.0 Å². The number of pyridine rings is 2. The summed E-state index contributed by atoms with van der Waals surface area (Å²) in [6.45, 7) is 0. The fourth-order valence-corrected chi connectivity index (χ4v) is 4.98. The van der Waals surface area contributed by atoms with Crippen LogP contribution in [0.3, 0.4) is 0 Å². The van der Waals surface area contributed by atoms with E-state index in [0.717, 1.165) is 60.9 Å². The van der Waals surface area contributed by atoms with Crippen molar-refractivity contribution in [1.29, 1.82) is 0 Å². The predicted molar refractivity (Wildman–Crippen MR) is 131 cm³/mol. The minimum absolute atomic E-state index is 0.250. The highest BCUT2D eigenvalue weighted by atomic mass is 19.1. The average molecular weight is 428 g/mol. The van der Waals surface area contributed by atoms with E-state index < -0.39 is 0 Å². The van der Waals surface area contributed by atoms with Gasteiger partial charge >= 0.3 is 0 Å². The van der Waals surface area contributed by atoms with Crippen LogP contribution in [0.5, 0.6) is 0 Å². The molecule has 0 spiro atoms. The second kappa shape index (κ2) is 6.81. The van der Waals surface area contributed by atoms with Crippen molar-refractivity contribution in [2.24, 2.45) is 4.99 Å². The van der Waals surface area contributed by atoms with Gasteiger partial charge in [0.05, 0.1) is 28.1 Å². The standard InChI is InChI=1S/C28H17FN4/c29-17-11-9-16(10-12-17)25-24(19-5-1-2-8-22(19)32-25)23-15-21-18-6-3-13-30-27(18)28-20(26(21)33-23)7-4-14-31-28/h1-14,32H,15H2. The third kappa shape index (κ3) is 2.66. The molecule has 7 rings (SSSR count). The number of H-pyrrole nitrogens is 1. The Morgan fingerprint density at radius 2 is 1.42 bits per heavy atom. The molecule has 6 aromatic rings. The zero-order valence-corrected chi connectivity index (χ0v) is 17.5. The molecule has 0 saturated carbocycles. The van der Waals surface area contributed by atoms with E-state index >= 15 is 0 Å². The Kier molecular flexibility index (Phi) is 3.76. The van der Waals surface area contributed by atoms with Crippen molar-refractivity contribution in [3.8, 4) is 11.3 Å². The SMILES string of the molecule is Fc1ccc(-c2[nH]c3ccccc3c2C2=Nc3c(c4cccnc4c4ncccc34)C2)cc1. The van der Waals surface area contributed by atoms with Gasteiger partial charge < -0.3 is 4.98 Å². The van der Waals surface area contributed by atoms with E-state index in [4.69, 9.17) is 4.99 Å². The van der Waals surface area contributed by atoms with Crippen molar-refractivity contribution in [1.82, 2.24) is 15.0 Å². The number of rotatable bonds is 2. The zero-order valence-electron chi connectivity index (χ0n) is 17.5. The van der Waals surface area contributed by atoms with Crippen molar-refractivity contribution in [2.75, 3.05) is 0 Å². The van der Waals surface area contributed by atoms with Crippen molar-refractivity contribution in [3.05, 3.63) is 102 Å². The molecule has 0 radical (unpaired) electrons. The highest BCUT2D eigenvalue weighted by molar-refractivity contribution is 6.23. The smallest absolute Gasteiger partial charge is 0.123 e. The molecule has 156 valence electrons. The van der Waals surface area contributed by atoms with Crippen LogP contribution < -0.4 is 0 Å². The fraction of sp³-hybridized carbons (Fsp3) is 0.0357. The highest BCUT2D eigenvalue weighted by Gasteiger charge is 2.27. The van der Waals surface area contributed by atoms with Crippen LogP contribution in [0.1, 0.15) is 11.1 Å². The van der Waals surface area contributed by atoms with Crippen molar-refractivity contribution < 1.29 is 4.39 Å². The van der Waals surface area contributed by atoms with Gasteiger partial charge in [0.15, 0.2) is 0 Å². The summed E-state index contributed by atoms with van der Waals surface area (Å²) < 4.78 is 13.6. The predicted octanol–water partition coefficient (Wildman–Crippen LogP) is 6.75. The molecule has 1 aliphatic heterocycles. The molecular weight excluding hydrogens is 411 g/mol. The minimum Gasteiger partial charge on any atom is -0.354 e. The van der Waals surface area contributed by atoms with Crippen LogP contribution in [-0.4, -0.2) is 20.7 Å². The molecule has 0 bridgehead atoms. The average Bonchev–Trinajstić information content (AvgIpc) is 3.47. The first-order valence-corrected chi connectivity index (χ1v) is 10.9. The molecule has 5 heteroatoms. The maximum absolute atomic E-state index is 13.6. The lowest BCUT2D eigenvalue weighted by atomic mass is 9.95. The first kappa shape index (κ1) is 18.2. The Hall–Kier alpha value is -4.38. The van der Waals surface area contributed by atoms with Gasteiger partial charge in [-0.2, -0.15) is 0 Å². The number of aromatic nitrogens is 3. The Labute approximate surface area is 188 Å². The van der Waals surface area contributed by atoms with Crippen molar-refractivity contribution in [2.45, 2.75) is 6.42 Å². The molecule has 3 aromatic carbocycles. The van der Waals surface area contributed by atoms with Crippen LogP contribution in [0.15, 0.2) is 90.2 Å². The molecule has 0 aliphatic carbocycles. The number of nitrogens with zero attached hydrogens (tertiary/aromatic N) is 3. The van der Waals surface area contributed by atoms with Crippen molar-refractivity contribution in [3.63, 3.8) is 0 Å². The molecule has 33 heavy (non-hydrogen) atoms. The highest BCUT2D eigenvalue weighted by Crippen LogP contribution is 2.43. The normalized spacial score (nSPS) is 13.1. The summed E-state index contributed by atoms with van der Waals surface area (Å²) in [5.41, 5.74) is 8.87. The first-order chi connectivity index (χ1) is 16.3. The summed E-state index contributed by atoms with van der Waals surface area (Å²) in [6.07, 6.45) is 4.30. The van der Waals surface area contributed by atoms with E-state index in [-0.39, 0.29) is 5.82 Å². The van der Waals surface area contributed by atoms with Crippen LogP contribution in [0.4, 0.5) is 10.1 Å². The van der Waals surface area contributed by atoms with E-state index in [1.807, 2.05) is 42.6 Å². The Morgan fingerprint density at radius 3 is 2.24 bits per heavy atom. The summed E-state index contributed by atoms with van der Waals surface area (Å²) in [5, 5.41) is 3.20. The van der Waals surface area contributed by atoms with Crippen molar-refractivity contribution >= 4 is 44.1 Å². The van der Waals surface area contributed by atoms with Crippen LogP contribution in [0, 0.1) is 5.82 Å². The summed E-state index contributed by atoms with van der Waals surface area (Å²) in [6, 6.07) is 22.9. The maximum Gasteiger partial charge on any atom is 0.123 e. The molecule has 0 unspecified atom stereocenters. The number of aliphatic imine (C=N–C) groups is 1. The lowest BCUT2D eigenvalue weighted by Gasteiger charge is -2.08. The molecule has 3 aromatic heterocycles. The number of nitrogens with one attached hydrogen (secondary N) is 1. The summed E-state index contributed by atoms with van der Waals surface area (Å²) in [4.78, 5) is 18.0. The van der Waals surface area contributed by atoms with Crippen LogP contribution in [0.2, 0.25) is 0 Å². The van der Waals surface area contributed by atoms with Gasteiger partial charge in [-0.3, -0.25) is 15.0 Å². The molecule has 1 N–H and O–H groups in total. The Bertz CT molecular complexity index is 1750. The molecular formula is C28H17FN4. The van der Waals surface area contributed by atoms with E-state index in [0.29, 0.717) is 6.42 Å². The molecule has 0 fully saturated rings. The molecule has 0 saturated heterocycles. The third-order valence-corrected chi connectivity index (χ3v) is 6.42. The number of aromatic amines is 1. The largest absolute Gasteiger partial charge is 0.354 e. The van der Waals surface area contributed by atoms with Gasteiger partial charge in [0.1, 0.15) is 5.82 Å². The van der Waals surface area contributed by atoms with Gasteiger partial charge in [0, 0.05) is 46.1 Å². The van der Waals surface area contributed by atoms with Gasteiger partial charge in [0.2, 0.25) is 0 Å². The minimum atomic E-state index is -0.250. The number of hydrogen-bond donors (Lipinski definition) is 1. The first-order valence-electron chi connectivity index (χ1n) is 10.9. The maximum atomic E-state index is 13.6. The number of halogens is 1. The quantitative estimate of drug-likeness (QED) is 0.310. The number of para-hydroxylation sites is 1. The van der Waals surface area contributed by atoms with E-state index in [1.165, 1.54) is 17.7 Å². The summed E-state index contributed by atoms with van der Waals surface area (Å²) in [5.74, 6) is -0.250. The van der Waals surface area contributed by atoms with Crippen LogP contribution in [-0.2, 0) is 6.42 Å². The van der Waals surface area contributed by atoms with Crippen LogP contribution >= 0.6 is 0 Å². The monoisotopic (exact) mass is 428 g/mol. The molecule has 4 heterocycles. The molecule has 0 atom stereocenters.